The summed E-state index contributed by atoms with van der Waals surface area (Å²) < 4.78 is 19.5. The molecule has 0 aromatic heterocycles. The van der Waals surface area contributed by atoms with Crippen LogP contribution >= 0.6 is 0 Å². The fourth-order valence-electron chi connectivity index (χ4n) is 1.73. The largest absolute Gasteiger partial charge is 0.466 e. The molecule has 0 aromatic carbocycles. The van der Waals surface area contributed by atoms with Gasteiger partial charge in [-0.25, -0.2) is 0 Å². The first-order chi connectivity index (χ1) is 10.7. The summed E-state index contributed by atoms with van der Waals surface area (Å²) in [6, 6.07) is 0. The molecule has 0 spiro atoms. The van der Waals surface area contributed by atoms with E-state index in [0.717, 1.165) is 20.8 Å². The molecule has 0 aromatic rings. The Balaban J connectivity index is 5.27. The van der Waals surface area contributed by atoms with Gasteiger partial charge >= 0.3 is 23.9 Å². The van der Waals surface area contributed by atoms with Crippen LogP contribution in [0.5, 0.6) is 0 Å². The maximum absolute atomic E-state index is 11.2. The van der Waals surface area contributed by atoms with Crippen LogP contribution < -0.4 is 0 Å². The van der Waals surface area contributed by atoms with E-state index in [-0.39, 0.29) is 19.3 Å². The third kappa shape index (κ3) is 9.22. The summed E-state index contributed by atoms with van der Waals surface area (Å²) in [5.74, 6) is -2.80. The molecule has 0 aliphatic carbocycles. The predicted octanol–water partition coefficient (Wildman–Crippen LogP) is -0.0664. The minimum Gasteiger partial charge on any atom is -0.466 e. The number of ether oxygens (including phenoxy) is 4. The zero-order valence-electron chi connectivity index (χ0n) is 13.4. The van der Waals surface area contributed by atoms with Gasteiger partial charge in [0.15, 0.2) is 18.5 Å². The molecule has 3 atom stereocenters. The van der Waals surface area contributed by atoms with Gasteiger partial charge in [-0.05, 0) is 0 Å². The quantitative estimate of drug-likeness (QED) is 0.324. The van der Waals surface area contributed by atoms with Crippen molar-refractivity contribution < 1.29 is 42.9 Å². The smallest absolute Gasteiger partial charge is 0.303 e. The molecule has 0 heterocycles. The van der Waals surface area contributed by atoms with Crippen LogP contribution in [0.1, 0.15) is 34.1 Å². The van der Waals surface area contributed by atoms with Crippen LogP contribution in [-0.4, -0.2) is 55.1 Å². The lowest BCUT2D eigenvalue weighted by molar-refractivity contribution is -0.184. The van der Waals surface area contributed by atoms with E-state index in [9.17, 15) is 24.0 Å². The van der Waals surface area contributed by atoms with Crippen molar-refractivity contribution in [2.45, 2.75) is 52.4 Å². The predicted molar refractivity (Wildman–Crippen MR) is 74.0 cm³/mol. The van der Waals surface area contributed by atoms with Gasteiger partial charge in [0, 0.05) is 34.1 Å². The van der Waals surface area contributed by atoms with Crippen molar-refractivity contribution in [2.24, 2.45) is 0 Å². The molecule has 9 nitrogen and oxygen atoms in total. The van der Waals surface area contributed by atoms with Gasteiger partial charge < -0.3 is 18.9 Å². The summed E-state index contributed by atoms with van der Waals surface area (Å²) in [4.78, 5) is 55.4. The standard InChI is InChI=1S/C14H20O9/c1-8(16)20-6-5-12(21-9(2)17)14(23-11(4)19)13(7-15)22-10(3)18/h7,12-14H,5-6H2,1-4H3/t12-,13+,14+/m1/s1. The first-order valence-electron chi connectivity index (χ1n) is 6.77. The topological polar surface area (TPSA) is 122 Å². The summed E-state index contributed by atoms with van der Waals surface area (Å²) in [5, 5.41) is 0. The first kappa shape index (κ1) is 20.6. The Morgan fingerprint density at radius 3 is 1.74 bits per heavy atom. The Hall–Kier alpha value is -2.45. The van der Waals surface area contributed by atoms with Gasteiger partial charge in [0.05, 0.1) is 6.61 Å². The molecule has 23 heavy (non-hydrogen) atoms. The van der Waals surface area contributed by atoms with Crippen LogP contribution in [0.4, 0.5) is 0 Å². The molecule has 0 radical (unpaired) electrons. The Kier molecular flexibility index (Phi) is 9.21. The monoisotopic (exact) mass is 332 g/mol. The zero-order chi connectivity index (χ0) is 18.0. The van der Waals surface area contributed by atoms with Crippen molar-refractivity contribution in [2.75, 3.05) is 6.61 Å². The summed E-state index contributed by atoms with van der Waals surface area (Å²) in [6.45, 7) is 4.32. The second-order valence-corrected chi connectivity index (χ2v) is 4.56. The van der Waals surface area contributed by atoms with Gasteiger partial charge in [-0.1, -0.05) is 0 Å². The van der Waals surface area contributed by atoms with Crippen LogP contribution in [0.15, 0.2) is 0 Å². The van der Waals surface area contributed by atoms with Gasteiger partial charge in [-0.2, -0.15) is 0 Å². The highest BCUT2D eigenvalue weighted by Gasteiger charge is 2.36. The SMILES string of the molecule is CC(=O)OCC[C@@H](OC(C)=O)[C@H](OC(C)=O)[C@H](C=O)OC(C)=O. The third-order valence-electron chi connectivity index (χ3n) is 2.45. The maximum Gasteiger partial charge on any atom is 0.303 e. The fraction of sp³-hybridized carbons (Fsp3) is 0.643. The van der Waals surface area contributed by atoms with Gasteiger partial charge in [-0.3, -0.25) is 24.0 Å². The van der Waals surface area contributed by atoms with Crippen molar-refractivity contribution in [1.29, 1.82) is 0 Å². The summed E-state index contributed by atoms with van der Waals surface area (Å²) >= 11 is 0. The Morgan fingerprint density at radius 1 is 0.826 bits per heavy atom. The van der Waals surface area contributed by atoms with Gasteiger partial charge in [0.25, 0.3) is 0 Å². The van der Waals surface area contributed by atoms with E-state index >= 15 is 0 Å². The minimum absolute atomic E-state index is 0.0529. The number of aldehydes is 1. The van der Waals surface area contributed by atoms with E-state index < -0.39 is 42.2 Å². The lowest BCUT2D eigenvalue weighted by atomic mass is 10.1. The minimum atomic E-state index is -1.46. The van der Waals surface area contributed by atoms with Crippen molar-refractivity contribution in [3.05, 3.63) is 0 Å². The molecule has 0 amide bonds. The van der Waals surface area contributed by atoms with Gasteiger partial charge in [0.2, 0.25) is 0 Å². The third-order valence-corrected chi connectivity index (χ3v) is 2.45. The molecule has 0 rings (SSSR count). The number of hydrogen-bond donors (Lipinski definition) is 0. The zero-order valence-corrected chi connectivity index (χ0v) is 13.4. The van der Waals surface area contributed by atoms with Crippen molar-refractivity contribution in [3.63, 3.8) is 0 Å². The van der Waals surface area contributed by atoms with Crippen molar-refractivity contribution >= 4 is 30.2 Å². The van der Waals surface area contributed by atoms with Crippen LogP contribution in [-0.2, 0) is 42.9 Å². The van der Waals surface area contributed by atoms with E-state index in [1.54, 1.807) is 0 Å². The molecule has 0 saturated carbocycles. The van der Waals surface area contributed by atoms with E-state index in [1.807, 2.05) is 0 Å². The molecule has 0 N–H and O–H groups in total. The highest BCUT2D eigenvalue weighted by atomic mass is 16.6. The first-order valence-corrected chi connectivity index (χ1v) is 6.77. The molecular formula is C14H20O9. The van der Waals surface area contributed by atoms with E-state index in [0.29, 0.717) is 0 Å². The van der Waals surface area contributed by atoms with Gasteiger partial charge in [0.1, 0.15) is 6.10 Å². The van der Waals surface area contributed by atoms with Crippen molar-refractivity contribution in [1.82, 2.24) is 0 Å². The molecule has 0 fully saturated rings. The number of carbonyl (C=O) groups is 5. The highest BCUT2D eigenvalue weighted by molar-refractivity contribution is 5.72. The number of carbonyl (C=O) groups excluding carboxylic acids is 5. The van der Waals surface area contributed by atoms with E-state index in [1.165, 1.54) is 6.92 Å². The Labute approximate surface area is 133 Å². The molecule has 0 bridgehead atoms. The average molecular weight is 332 g/mol. The lowest BCUT2D eigenvalue weighted by Crippen LogP contribution is -2.46. The second kappa shape index (κ2) is 10.3. The van der Waals surface area contributed by atoms with E-state index in [4.69, 9.17) is 18.9 Å². The molecule has 0 aliphatic heterocycles. The molecule has 130 valence electrons. The van der Waals surface area contributed by atoms with Crippen LogP contribution in [0.2, 0.25) is 0 Å². The van der Waals surface area contributed by atoms with Crippen molar-refractivity contribution in [3.8, 4) is 0 Å². The van der Waals surface area contributed by atoms with Gasteiger partial charge in [-0.15, -0.1) is 0 Å². The summed E-state index contributed by atoms with van der Waals surface area (Å²) in [5.41, 5.74) is 0. The number of rotatable bonds is 9. The highest BCUT2D eigenvalue weighted by Crippen LogP contribution is 2.16. The number of hydrogen-bond acceptors (Lipinski definition) is 9. The van der Waals surface area contributed by atoms with Crippen LogP contribution in [0.25, 0.3) is 0 Å². The van der Waals surface area contributed by atoms with E-state index in [2.05, 4.69) is 0 Å². The molecule has 0 unspecified atom stereocenters. The summed E-state index contributed by atoms with van der Waals surface area (Å²) in [6.07, 6.45) is -3.74. The number of esters is 4. The molecule has 0 saturated heterocycles. The second-order valence-electron chi connectivity index (χ2n) is 4.56. The Bertz CT molecular complexity index is 457. The molecule has 0 aliphatic rings. The lowest BCUT2D eigenvalue weighted by Gasteiger charge is -2.29. The molecular weight excluding hydrogens is 312 g/mol. The van der Waals surface area contributed by atoms with Crippen LogP contribution in [0, 0.1) is 0 Å². The fourth-order valence-corrected chi connectivity index (χ4v) is 1.73. The Morgan fingerprint density at radius 2 is 1.35 bits per heavy atom. The normalized spacial score (nSPS) is 13.9. The maximum atomic E-state index is 11.2. The molecule has 9 heteroatoms. The van der Waals surface area contributed by atoms with Crippen LogP contribution in [0.3, 0.4) is 0 Å². The summed E-state index contributed by atoms with van der Waals surface area (Å²) in [7, 11) is 0. The average Bonchev–Trinajstić information content (AvgIpc) is 2.40.